The fraction of sp³-hybridized carbons (Fsp3) is 0.0417. The van der Waals surface area contributed by atoms with Gasteiger partial charge in [-0.25, -0.2) is 0 Å². The lowest BCUT2D eigenvalue weighted by Gasteiger charge is -2.12. The molecule has 5 nitrogen and oxygen atoms in total. The molecular weight excluding hydrogens is 396 g/mol. The number of nitrogens with zero attached hydrogens (tertiary/aromatic N) is 1. The Morgan fingerprint density at radius 1 is 0.833 bits per heavy atom. The Balaban J connectivity index is 1.44. The van der Waals surface area contributed by atoms with Gasteiger partial charge in [-0.1, -0.05) is 72.8 Å². The normalized spacial score (nSPS) is 14.9. The first-order chi connectivity index (χ1) is 14.6. The number of imide groups is 1. The van der Waals surface area contributed by atoms with Crippen LogP contribution in [0.15, 0.2) is 89.8 Å². The van der Waals surface area contributed by atoms with E-state index >= 15 is 0 Å². The minimum atomic E-state index is -0.458. The molecule has 3 aromatic carbocycles. The maximum Gasteiger partial charge on any atom is 0.294 e. The summed E-state index contributed by atoms with van der Waals surface area (Å²) in [6.07, 6.45) is 1.68. The summed E-state index contributed by atoms with van der Waals surface area (Å²) in [6.45, 7) is -0.316. The fourth-order valence-electron chi connectivity index (χ4n) is 3.06. The molecule has 1 N–H and O–H groups in total. The minimum Gasteiger partial charge on any atom is -0.325 e. The van der Waals surface area contributed by atoms with Gasteiger partial charge in [0.2, 0.25) is 5.91 Å². The molecule has 0 atom stereocenters. The molecule has 1 aliphatic rings. The predicted octanol–water partition coefficient (Wildman–Crippen LogP) is 5.03. The van der Waals surface area contributed by atoms with Crippen molar-refractivity contribution < 1.29 is 14.4 Å². The van der Waals surface area contributed by atoms with E-state index in [0.29, 0.717) is 10.6 Å². The van der Waals surface area contributed by atoms with E-state index in [0.717, 1.165) is 33.4 Å². The lowest BCUT2D eigenvalue weighted by Crippen LogP contribution is -2.36. The first-order valence-electron chi connectivity index (χ1n) is 9.36. The number of carbonyl (C=O) groups is 3. The van der Waals surface area contributed by atoms with E-state index < -0.39 is 17.1 Å². The largest absolute Gasteiger partial charge is 0.325 e. The summed E-state index contributed by atoms with van der Waals surface area (Å²) in [5, 5.41) is 2.23. The van der Waals surface area contributed by atoms with Gasteiger partial charge in [0.1, 0.15) is 6.54 Å². The maximum absolute atomic E-state index is 12.6. The first kappa shape index (κ1) is 19.7. The number of hydrogen-bond donors (Lipinski definition) is 1. The van der Waals surface area contributed by atoms with Crippen LogP contribution in [0.2, 0.25) is 0 Å². The number of rotatable bonds is 5. The van der Waals surface area contributed by atoms with Crippen LogP contribution in [0, 0.1) is 0 Å². The third-order valence-corrected chi connectivity index (χ3v) is 5.46. The maximum atomic E-state index is 12.6. The van der Waals surface area contributed by atoms with Crippen molar-refractivity contribution in [3.63, 3.8) is 0 Å². The Hall–Kier alpha value is -3.64. The molecule has 0 aliphatic carbocycles. The van der Waals surface area contributed by atoms with E-state index in [1.165, 1.54) is 0 Å². The zero-order chi connectivity index (χ0) is 20.9. The van der Waals surface area contributed by atoms with E-state index in [1.807, 2.05) is 60.7 Å². The topological polar surface area (TPSA) is 66.5 Å². The summed E-state index contributed by atoms with van der Waals surface area (Å²) in [5.41, 5.74) is 3.60. The summed E-state index contributed by atoms with van der Waals surface area (Å²) in [6, 6.07) is 26.6. The number of para-hydroxylation sites is 1. The van der Waals surface area contributed by atoms with E-state index in [-0.39, 0.29) is 6.54 Å². The SMILES string of the molecule is O=C(CN1C(=O)S/C(=C\c2ccc(-c3ccccc3)cc2)C1=O)Nc1ccccc1. The molecule has 3 amide bonds. The van der Waals surface area contributed by atoms with Crippen molar-refractivity contribution in [1.82, 2.24) is 4.90 Å². The van der Waals surface area contributed by atoms with Crippen molar-refractivity contribution in [3.8, 4) is 11.1 Å². The van der Waals surface area contributed by atoms with Crippen LogP contribution in [0.1, 0.15) is 5.56 Å². The fourth-order valence-corrected chi connectivity index (χ4v) is 3.89. The number of thioether (sulfide) groups is 1. The number of nitrogens with one attached hydrogen (secondary N) is 1. The molecule has 0 unspecified atom stereocenters. The third-order valence-electron chi connectivity index (χ3n) is 4.55. The highest BCUT2D eigenvalue weighted by Crippen LogP contribution is 2.32. The zero-order valence-corrected chi connectivity index (χ0v) is 16.8. The molecule has 1 heterocycles. The molecule has 0 bridgehead atoms. The molecule has 1 fully saturated rings. The van der Waals surface area contributed by atoms with E-state index in [2.05, 4.69) is 5.32 Å². The van der Waals surface area contributed by atoms with Gasteiger partial charge in [0, 0.05) is 5.69 Å². The molecule has 3 aromatic rings. The molecule has 4 rings (SSSR count). The number of benzene rings is 3. The van der Waals surface area contributed by atoms with Crippen molar-refractivity contribution in [2.75, 3.05) is 11.9 Å². The summed E-state index contributed by atoms with van der Waals surface area (Å²) in [7, 11) is 0. The highest BCUT2D eigenvalue weighted by Gasteiger charge is 2.36. The van der Waals surface area contributed by atoms with Crippen LogP contribution in [-0.4, -0.2) is 28.5 Å². The summed E-state index contributed by atoms with van der Waals surface area (Å²) >= 11 is 0.844. The second-order valence-corrected chi connectivity index (χ2v) is 7.66. The molecule has 0 radical (unpaired) electrons. The van der Waals surface area contributed by atoms with Gasteiger partial charge in [-0.15, -0.1) is 0 Å². The standard InChI is InChI=1S/C24H18N2O3S/c27-22(25-20-9-5-2-6-10-20)16-26-23(28)21(30-24(26)29)15-17-11-13-19(14-12-17)18-7-3-1-4-8-18/h1-15H,16H2,(H,25,27)/b21-15-. The van der Waals surface area contributed by atoms with Gasteiger partial charge in [0.25, 0.3) is 11.1 Å². The predicted molar refractivity (Wildman–Crippen MR) is 120 cm³/mol. The highest BCUT2D eigenvalue weighted by atomic mass is 32.2. The summed E-state index contributed by atoms with van der Waals surface area (Å²) in [5.74, 6) is -0.877. The summed E-state index contributed by atoms with van der Waals surface area (Å²) in [4.78, 5) is 38.4. The average Bonchev–Trinajstić information content (AvgIpc) is 3.03. The van der Waals surface area contributed by atoms with Crippen LogP contribution in [0.25, 0.3) is 17.2 Å². The summed E-state index contributed by atoms with van der Waals surface area (Å²) < 4.78 is 0. The molecule has 1 aliphatic heterocycles. The van der Waals surface area contributed by atoms with Crippen LogP contribution in [0.5, 0.6) is 0 Å². The number of carbonyl (C=O) groups excluding carboxylic acids is 3. The van der Waals surface area contributed by atoms with E-state index in [1.54, 1.807) is 30.3 Å². The quantitative estimate of drug-likeness (QED) is 0.595. The van der Waals surface area contributed by atoms with E-state index in [9.17, 15) is 14.4 Å². The Kier molecular flexibility index (Phi) is 5.77. The lowest BCUT2D eigenvalue weighted by molar-refractivity contribution is -0.127. The molecule has 1 saturated heterocycles. The van der Waals surface area contributed by atoms with Gasteiger partial charge in [-0.3, -0.25) is 19.3 Å². The van der Waals surface area contributed by atoms with Crippen molar-refractivity contribution in [2.45, 2.75) is 0 Å². The van der Waals surface area contributed by atoms with Gasteiger partial charge in [0.05, 0.1) is 4.91 Å². The van der Waals surface area contributed by atoms with Crippen LogP contribution in [0.4, 0.5) is 10.5 Å². The van der Waals surface area contributed by atoms with Crippen molar-refractivity contribution >= 4 is 40.6 Å². The Bertz CT molecular complexity index is 1110. The molecule has 30 heavy (non-hydrogen) atoms. The van der Waals surface area contributed by atoms with Gasteiger partial charge < -0.3 is 5.32 Å². The number of amides is 3. The van der Waals surface area contributed by atoms with Crippen LogP contribution < -0.4 is 5.32 Å². The van der Waals surface area contributed by atoms with Gasteiger partial charge in [0.15, 0.2) is 0 Å². The lowest BCUT2D eigenvalue weighted by atomic mass is 10.0. The highest BCUT2D eigenvalue weighted by molar-refractivity contribution is 8.18. The second-order valence-electron chi connectivity index (χ2n) is 6.67. The molecule has 6 heteroatoms. The van der Waals surface area contributed by atoms with Gasteiger partial charge in [-0.2, -0.15) is 0 Å². The van der Waals surface area contributed by atoms with Gasteiger partial charge in [-0.05, 0) is 46.7 Å². The number of anilines is 1. The van der Waals surface area contributed by atoms with Gasteiger partial charge >= 0.3 is 0 Å². The monoisotopic (exact) mass is 414 g/mol. The Morgan fingerprint density at radius 3 is 2.10 bits per heavy atom. The Labute approximate surface area is 178 Å². The van der Waals surface area contributed by atoms with Crippen molar-refractivity contribution in [1.29, 1.82) is 0 Å². The Morgan fingerprint density at radius 2 is 1.43 bits per heavy atom. The second kappa shape index (κ2) is 8.80. The van der Waals surface area contributed by atoms with Crippen molar-refractivity contribution in [2.24, 2.45) is 0 Å². The number of hydrogen-bond acceptors (Lipinski definition) is 4. The molecule has 0 aromatic heterocycles. The molecule has 0 spiro atoms. The minimum absolute atomic E-state index is 0.306. The van der Waals surface area contributed by atoms with E-state index in [4.69, 9.17) is 0 Å². The average molecular weight is 414 g/mol. The first-order valence-corrected chi connectivity index (χ1v) is 10.2. The zero-order valence-electron chi connectivity index (χ0n) is 15.9. The smallest absolute Gasteiger partial charge is 0.294 e. The van der Waals surface area contributed by atoms with Crippen LogP contribution in [-0.2, 0) is 9.59 Å². The molecule has 148 valence electrons. The molecule has 0 saturated carbocycles. The van der Waals surface area contributed by atoms with Crippen LogP contribution >= 0.6 is 11.8 Å². The van der Waals surface area contributed by atoms with Crippen molar-refractivity contribution in [3.05, 3.63) is 95.4 Å². The van der Waals surface area contributed by atoms with Crippen LogP contribution in [0.3, 0.4) is 0 Å². The third kappa shape index (κ3) is 4.50. The molecular formula is C24H18N2O3S.